The molecule has 0 saturated carbocycles. The first kappa shape index (κ1) is 24.1. The third-order valence-corrected chi connectivity index (χ3v) is 4.67. The monoisotopic (exact) mass is 418 g/mol. The number of hydrogen-bond acceptors (Lipinski definition) is 5. The van der Waals surface area contributed by atoms with Crippen LogP contribution >= 0.6 is 12.2 Å². The molecule has 0 aromatic carbocycles. The van der Waals surface area contributed by atoms with E-state index in [0.29, 0.717) is 12.6 Å². The molecule has 0 aliphatic rings. The number of carboxylic acids is 1. The van der Waals surface area contributed by atoms with Crippen molar-refractivity contribution in [2.75, 3.05) is 0 Å². The van der Waals surface area contributed by atoms with Gasteiger partial charge in [0.1, 0.15) is 0 Å². The van der Waals surface area contributed by atoms with Crippen molar-refractivity contribution in [1.29, 1.82) is 0 Å². The number of unbranched alkanes of at least 4 members (excludes halogenated alkanes) is 9. The summed E-state index contributed by atoms with van der Waals surface area (Å²) in [5.74, 6) is -3.82. The van der Waals surface area contributed by atoms with Crippen LogP contribution in [-0.2, 0) is 9.53 Å². The van der Waals surface area contributed by atoms with Crippen LogP contribution in [0.2, 0.25) is 0 Å². The highest BCUT2D eigenvalue weighted by molar-refractivity contribution is 7.81. The quantitative estimate of drug-likeness (QED) is 0.362. The molecule has 1 atom stereocenters. The minimum absolute atomic E-state index is 0.00174. The Morgan fingerprint density at radius 1 is 1.11 bits per heavy atom. The Bertz CT molecular complexity index is 632. The molecule has 158 valence electrons. The molecule has 0 aliphatic heterocycles. The Morgan fingerprint density at radius 3 is 2.11 bits per heavy atom. The number of aromatic nitrogens is 2. The van der Waals surface area contributed by atoms with Crippen molar-refractivity contribution in [3.8, 4) is 0 Å². The Kier molecular flexibility index (Phi) is 11.5. The zero-order valence-corrected chi connectivity index (χ0v) is 17.0. The molecule has 0 bridgehead atoms. The molecule has 28 heavy (non-hydrogen) atoms. The number of rotatable bonds is 13. The molecular formula is C19H28F2N2O4S. The highest BCUT2D eigenvalue weighted by atomic mass is 32.1. The summed E-state index contributed by atoms with van der Waals surface area (Å²) in [5.41, 5.74) is 0. The minimum Gasteiger partial charge on any atom is -0.479 e. The zero-order valence-electron chi connectivity index (χ0n) is 16.2. The van der Waals surface area contributed by atoms with Gasteiger partial charge in [-0.3, -0.25) is 4.79 Å². The Hall–Kier alpha value is -1.90. The van der Waals surface area contributed by atoms with E-state index >= 15 is 0 Å². The third kappa shape index (κ3) is 8.41. The molecule has 1 heterocycles. The standard InChI is InChI=1S/C19H28F2N2O4S/c1-2-3-4-5-6-7-8-9-10-11-12-14(17(25)26)27-18(28)16(24)23-15(20)13-22-19(23)21/h13-14H,2-12H2,1H3,(H,25,26). The highest BCUT2D eigenvalue weighted by Gasteiger charge is 2.27. The molecule has 1 unspecified atom stereocenters. The number of imidazole rings is 1. The van der Waals surface area contributed by atoms with E-state index in [2.05, 4.69) is 11.9 Å². The zero-order chi connectivity index (χ0) is 20.9. The van der Waals surface area contributed by atoms with Gasteiger partial charge in [-0.05, 0) is 25.1 Å². The van der Waals surface area contributed by atoms with Crippen molar-refractivity contribution >= 4 is 29.1 Å². The molecule has 1 rings (SSSR count). The van der Waals surface area contributed by atoms with Crippen molar-refractivity contribution in [3.63, 3.8) is 0 Å². The summed E-state index contributed by atoms with van der Waals surface area (Å²) in [4.78, 5) is 26.2. The summed E-state index contributed by atoms with van der Waals surface area (Å²) >= 11 is 4.70. The van der Waals surface area contributed by atoms with Gasteiger partial charge >= 0.3 is 11.9 Å². The lowest BCUT2D eigenvalue weighted by Crippen LogP contribution is -2.33. The van der Waals surface area contributed by atoms with E-state index in [0.717, 1.165) is 19.3 Å². The van der Waals surface area contributed by atoms with Gasteiger partial charge in [0, 0.05) is 0 Å². The average Bonchev–Trinajstić information content (AvgIpc) is 2.99. The van der Waals surface area contributed by atoms with E-state index in [4.69, 9.17) is 17.0 Å². The summed E-state index contributed by atoms with van der Waals surface area (Å²) < 4.78 is 31.7. The fraction of sp³-hybridized carbons (Fsp3) is 0.684. The number of hydrogen-bond donors (Lipinski definition) is 1. The van der Waals surface area contributed by atoms with Gasteiger partial charge < -0.3 is 9.84 Å². The van der Waals surface area contributed by atoms with E-state index < -0.39 is 35.1 Å². The molecular weight excluding hydrogens is 390 g/mol. The smallest absolute Gasteiger partial charge is 0.344 e. The predicted octanol–water partition coefficient (Wildman–Crippen LogP) is 4.91. The maximum Gasteiger partial charge on any atom is 0.344 e. The maximum atomic E-state index is 13.4. The van der Waals surface area contributed by atoms with E-state index in [-0.39, 0.29) is 11.0 Å². The van der Waals surface area contributed by atoms with Crippen molar-refractivity contribution in [3.05, 3.63) is 18.2 Å². The fourth-order valence-electron chi connectivity index (χ4n) is 2.81. The lowest BCUT2D eigenvalue weighted by molar-refractivity contribution is -0.145. The van der Waals surface area contributed by atoms with Crippen molar-refractivity contribution < 1.29 is 28.2 Å². The highest BCUT2D eigenvalue weighted by Crippen LogP contribution is 2.14. The van der Waals surface area contributed by atoms with Crippen LogP contribution in [-0.4, -0.2) is 37.7 Å². The Balaban J connectivity index is 2.31. The molecule has 0 aliphatic carbocycles. The molecule has 0 amide bonds. The fourth-order valence-corrected chi connectivity index (χ4v) is 3.02. The predicted molar refractivity (Wildman–Crippen MR) is 104 cm³/mol. The number of halogens is 2. The van der Waals surface area contributed by atoms with Gasteiger partial charge in [-0.1, -0.05) is 64.7 Å². The van der Waals surface area contributed by atoms with E-state index in [9.17, 15) is 23.5 Å². The molecule has 1 aromatic rings. The second-order valence-electron chi connectivity index (χ2n) is 6.69. The van der Waals surface area contributed by atoms with Gasteiger partial charge in [0.2, 0.25) is 5.95 Å². The lowest BCUT2D eigenvalue weighted by atomic mass is 10.0. The number of carbonyl (C=O) groups is 2. The van der Waals surface area contributed by atoms with Crippen LogP contribution in [0, 0.1) is 12.0 Å². The molecule has 0 radical (unpaired) electrons. The van der Waals surface area contributed by atoms with Gasteiger partial charge in [0.25, 0.3) is 11.1 Å². The van der Waals surface area contributed by atoms with Gasteiger partial charge in [0.15, 0.2) is 6.10 Å². The average molecular weight is 419 g/mol. The van der Waals surface area contributed by atoms with E-state index in [1.807, 2.05) is 0 Å². The van der Waals surface area contributed by atoms with Crippen LogP contribution in [0.25, 0.3) is 0 Å². The minimum atomic E-state index is -1.38. The SMILES string of the molecule is CCCCCCCCCCCCC(OC(=S)C(=O)n1c(F)cnc1F)C(=O)O. The topological polar surface area (TPSA) is 81.4 Å². The number of thiocarbonyl (C=S) groups is 1. The Labute approximate surface area is 169 Å². The van der Waals surface area contributed by atoms with E-state index in [1.165, 1.54) is 38.5 Å². The largest absolute Gasteiger partial charge is 0.479 e. The first-order chi connectivity index (χ1) is 13.4. The Morgan fingerprint density at radius 2 is 1.64 bits per heavy atom. The molecule has 9 heteroatoms. The number of nitrogens with zero attached hydrogens (tertiary/aromatic N) is 2. The summed E-state index contributed by atoms with van der Waals surface area (Å²) in [7, 11) is 0. The van der Waals surface area contributed by atoms with E-state index in [1.54, 1.807) is 0 Å². The van der Waals surface area contributed by atoms with Crippen LogP contribution < -0.4 is 0 Å². The molecule has 0 fully saturated rings. The summed E-state index contributed by atoms with van der Waals surface area (Å²) in [5, 5.41) is 8.41. The molecule has 0 saturated heterocycles. The van der Waals surface area contributed by atoms with Gasteiger partial charge in [-0.15, -0.1) is 0 Å². The summed E-state index contributed by atoms with van der Waals surface area (Å²) in [6.45, 7) is 2.19. The number of aliphatic carboxylic acids is 1. The van der Waals surface area contributed by atoms with Crippen molar-refractivity contribution in [1.82, 2.24) is 9.55 Å². The molecule has 1 aromatic heterocycles. The van der Waals surface area contributed by atoms with Crippen LogP contribution in [0.3, 0.4) is 0 Å². The van der Waals surface area contributed by atoms with Crippen molar-refractivity contribution in [2.45, 2.75) is 83.7 Å². The number of carboxylic acid groups (broad SMARTS) is 1. The third-order valence-electron chi connectivity index (χ3n) is 4.40. The van der Waals surface area contributed by atoms with Crippen LogP contribution in [0.4, 0.5) is 8.78 Å². The van der Waals surface area contributed by atoms with Crippen LogP contribution in [0.1, 0.15) is 82.3 Å². The molecule has 6 nitrogen and oxygen atoms in total. The van der Waals surface area contributed by atoms with Gasteiger partial charge in [-0.25, -0.2) is 14.3 Å². The molecule has 0 spiro atoms. The number of ether oxygens (including phenoxy) is 1. The number of carbonyl (C=O) groups excluding carboxylic acids is 1. The summed E-state index contributed by atoms with van der Waals surface area (Å²) in [6, 6.07) is 0. The normalized spacial score (nSPS) is 12.0. The first-order valence-electron chi connectivity index (χ1n) is 9.75. The van der Waals surface area contributed by atoms with Crippen LogP contribution in [0.15, 0.2) is 6.20 Å². The molecule has 1 N–H and O–H groups in total. The van der Waals surface area contributed by atoms with Crippen molar-refractivity contribution in [2.24, 2.45) is 0 Å². The van der Waals surface area contributed by atoms with Crippen LogP contribution in [0.5, 0.6) is 0 Å². The second-order valence-corrected chi connectivity index (χ2v) is 7.06. The maximum absolute atomic E-state index is 13.4. The first-order valence-corrected chi connectivity index (χ1v) is 10.2. The second kappa shape index (κ2) is 13.3. The van der Waals surface area contributed by atoms with Gasteiger partial charge in [-0.2, -0.15) is 8.78 Å². The lowest BCUT2D eigenvalue weighted by Gasteiger charge is -2.15. The summed E-state index contributed by atoms with van der Waals surface area (Å²) in [6.07, 6.45) is 8.93. The van der Waals surface area contributed by atoms with Gasteiger partial charge in [0.05, 0.1) is 6.20 Å².